The van der Waals surface area contributed by atoms with Crippen molar-refractivity contribution in [1.82, 2.24) is 10.2 Å². The summed E-state index contributed by atoms with van der Waals surface area (Å²) in [6.07, 6.45) is 0. The minimum Gasteiger partial charge on any atom is -0.296 e. The molecule has 1 heterocycles. The molecule has 0 aliphatic carbocycles. The molecule has 0 saturated carbocycles. The summed E-state index contributed by atoms with van der Waals surface area (Å²) in [6.45, 7) is 0. The van der Waals surface area contributed by atoms with Gasteiger partial charge in [-0.1, -0.05) is 41.7 Å². The van der Waals surface area contributed by atoms with E-state index in [9.17, 15) is 22.0 Å². The molecule has 0 aliphatic rings. The van der Waals surface area contributed by atoms with Crippen molar-refractivity contribution in [1.29, 1.82) is 0 Å². The van der Waals surface area contributed by atoms with Crippen molar-refractivity contribution in [3.8, 4) is 10.6 Å². The molecule has 6 nitrogen and oxygen atoms in total. The summed E-state index contributed by atoms with van der Waals surface area (Å²) in [4.78, 5) is 11.6. The number of anilines is 1. The Balaban J connectivity index is 1.74. The molecule has 0 atom stereocenters. The molecule has 0 spiro atoms. The lowest BCUT2D eigenvalue weighted by Gasteiger charge is -2.04. The van der Waals surface area contributed by atoms with E-state index in [0.29, 0.717) is 5.01 Å². The lowest BCUT2D eigenvalue weighted by molar-refractivity contribution is 0.102. The predicted octanol–water partition coefficient (Wildman–Crippen LogP) is 3.45. The number of carbonyl (C=O) groups excluding carboxylic acids is 1. The number of halogens is 2. The van der Waals surface area contributed by atoms with Crippen molar-refractivity contribution in [2.75, 3.05) is 5.32 Å². The molecule has 0 fully saturated rings. The Morgan fingerprint density at radius 3 is 2.27 bits per heavy atom. The predicted molar refractivity (Wildman–Crippen MR) is 92.9 cm³/mol. The van der Waals surface area contributed by atoms with Gasteiger partial charge in [-0.3, -0.25) is 10.1 Å². The minimum atomic E-state index is -4.69. The average Bonchev–Trinajstić information content (AvgIpc) is 3.11. The van der Waals surface area contributed by atoms with Gasteiger partial charge in [-0.05, 0) is 24.3 Å². The summed E-state index contributed by atoms with van der Waals surface area (Å²) >= 11 is 1.17. The lowest BCUT2D eigenvalue weighted by atomic mass is 10.2. The van der Waals surface area contributed by atoms with Crippen LogP contribution in [0, 0.1) is 0 Å². The summed E-state index contributed by atoms with van der Waals surface area (Å²) in [5.74, 6) is -4.07. The van der Waals surface area contributed by atoms with Gasteiger partial charge in [0, 0.05) is 11.1 Å². The molecular formula is C16H11F2N3O3S2. The van der Waals surface area contributed by atoms with Crippen LogP contribution in [0.3, 0.4) is 0 Å². The number of carbonyl (C=O) groups is 1. The van der Waals surface area contributed by atoms with E-state index in [4.69, 9.17) is 0 Å². The molecule has 1 aromatic heterocycles. The number of amides is 1. The Bertz CT molecular complexity index is 1020. The number of hydrogen-bond acceptors (Lipinski definition) is 6. The third-order valence-electron chi connectivity index (χ3n) is 3.35. The zero-order chi connectivity index (χ0) is 18.7. The minimum absolute atomic E-state index is 0.106. The van der Waals surface area contributed by atoms with Gasteiger partial charge in [-0.2, -0.15) is 8.78 Å². The van der Waals surface area contributed by atoms with E-state index in [1.807, 2.05) is 30.3 Å². The van der Waals surface area contributed by atoms with Crippen LogP contribution in [0.4, 0.5) is 13.9 Å². The molecule has 0 aliphatic heterocycles. The third-order valence-corrected chi connectivity index (χ3v) is 5.63. The molecule has 10 heteroatoms. The first-order valence-corrected chi connectivity index (χ1v) is 9.56. The Morgan fingerprint density at radius 1 is 1.00 bits per heavy atom. The van der Waals surface area contributed by atoms with Crippen molar-refractivity contribution in [3.05, 3.63) is 60.2 Å². The highest BCUT2D eigenvalue weighted by Gasteiger charge is 2.26. The van der Waals surface area contributed by atoms with Gasteiger partial charge in [-0.25, -0.2) is 8.42 Å². The van der Waals surface area contributed by atoms with E-state index in [-0.39, 0.29) is 10.7 Å². The molecule has 0 bridgehead atoms. The van der Waals surface area contributed by atoms with E-state index < -0.39 is 26.4 Å². The number of sulfone groups is 1. The summed E-state index contributed by atoms with van der Waals surface area (Å²) in [6, 6.07) is 13.5. The Hall–Kier alpha value is -2.72. The molecule has 2 aromatic carbocycles. The number of benzene rings is 2. The third kappa shape index (κ3) is 3.75. The number of alkyl halides is 2. The number of nitrogens with zero attached hydrogens (tertiary/aromatic N) is 2. The number of nitrogens with one attached hydrogen (secondary N) is 1. The van der Waals surface area contributed by atoms with E-state index in [0.717, 1.165) is 29.8 Å². The topological polar surface area (TPSA) is 89.0 Å². The summed E-state index contributed by atoms with van der Waals surface area (Å²) in [5.41, 5.74) is 0.960. The van der Waals surface area contributed by atoms with Gasteiger partial charge in [0.2, 0.25) is 15.0 Å². The molecule has 1 N–H and O–H groups in total. The van der Waals surface area contributed by atoms with Gasteiger partial charge in [0.05, 0.1) is 4.90 Å². The van der Waals surface area contributed by atoms with E-state index in [2.05, 4.69) is 15.5 Å². The normalized spacial score (nSPS) is 11.5. The standard InChI is InChI=1S/C16H11F2N3O3S2/c17-15(18)26(23,24)12-8-6-10(7-9-12)13(22)19-16-21-20-14(25-16)11-4-2-1-3-5-11/h1-9,15H,(H,19,21,22). The van der Waals surface area contributed by atoms with Crippen LogP contribution in [0.25, 0.3) is 10.6 Å². The molecule has 0 radical (unpaired) electrons. The fraction of sp³-hybridized carbons (Fsp3) is 0.0625. The van der Waals surface area contributed by atoms with Crippen molar-refractivity contribution in [2.45, 2.75) is 10.7 Å². The highest BCUT2D eigenvalue weighted by Crippen LogP contribution is 2.26. The average molecular weight is 395 g/mol. The van der Waals surface area contributed by atoms with Crippen molar-refractivity contribution < 1.29 is 22.0 Å². The molecule has 0 unspecified atom stereocenters. The monoisotopic (exact) mass is 395 g/mol. The maximum Gasteiger partial charge on any atom is 0.341 e. The highest BCUT2D eigenvalue weighted by molar-refractivity contribution is 7.91. The van der Waals surface area contributed by atoms with Gasteiger partial charge in [0.15, 0.2) is 0 Å². The SMILES string of the molecule is O=C(Nc1nnc(-c2ccccc2)s1)c1ccc(S(=O)(=O)C(F)F)cc1. The maximum atomic E-state index is 12.5. The zero-order valence-corrected chi connectivity index (χ0v) is 14.6. The molecule has 3 aromatic rings. The van der Waals surface area contributed by atoms with Crippen LogP contribution in [-0.4, -0.2) is 30.3 Å². The fourth-order valence-electron chi connectivity index (χ4n) is 2.04. The van der Waals surface area contributed by atoms with E-state index >= 15 is 0 Å². The van der Waals surface area contributed by atoms with Crippen molar-refractivity contribution >= 4 is 32.2 Å². The van der Waals surface area contributed by atoms with Crippen LogP contribution in [0.1, 0.15) is 10.4 Å². The summed E-state index contributed by atoms with van der Waals surface area (Å²) in [7, 11) is -4.69. The Morgan fingerprint density at radius 2 is 1.65 bits per heavy atom. The first-order valence-electron chi connectivity index (χ1n) is 7.20. The van der Waals surface area contributed by atoms with Gasteiger partial charge in [-0.15, -0.1) is 10.2 Å². The van der Waals surface area contributed by atoms with E-state index in [1.54, 1.807) is 0 Å². The maximum absolute atomic E-state index is 12.5. The van der Waals surface area contributed by atoms with Crippen molar-refractivity contribution in [3.63, 3.8) is 0 Å². The van der Waals surface area contributed by atoms with Gasteiger partial charge < -0.3 is 0 Å². The molecular weight excluding hydrogens is 384 g/mol. The van der Waals surface area contributed by atoms with E-state index in [1.165, 1.54) is 11.3 Å². The van der Waals surface area contributed by atoms with Crippen LogP contribution in [0.15, 0.2) is 59.5 Å². The first-order chi connectivity index (χ1) is 12.4. The fourth-order valence-corrected chi connectivity index (χ4v) is 3.50. The van der Waals surface area contributed by atoms with Crippen LogP contribution in [-0.2, 0) is 9.84 Å². The second-order valence-corrected chi connectivity index (χ2v) is 7.96. The molecule has 3 rings (SSSR count). The van der Waals surface area contributed by atoms with Crippen LogP contribution < -0.4 is 5.32 Å². The largest absolute Gasteiger partial charge is 0.341 e. The Labute approximate surface area is 151 Å². The molecule has 134 valence electrons. The van der Waals surface area contributed by atoms with Crippen LogP contribution in [0.2, 0.25) is 0 Å². The molecule has 26 heavy (non-hydrogen) atoms. The first kappa shape index (κ1) is 18.1. The zero-order valence-electron chi connectivity index (χ0n) is 13.0. The number of aromatic nitrogens is 2. The quantitative estimate of drug-likeness (QED) is 0.715. The smallest absolute Gasteiger partial charge is 0.296 e. The second-order valence-electron chi connectivity index (χ2n) is 5.06. The Kier molecular flexibility index (Phi) is 5.05. The number of rotatable bonds is 5. The highest BCUT2D eigenvalue weighted by atomic mass is 32.2. The van der Waals surface area contributed by atoms with Gasteiger partial charge >= 0.3 is 5.76 Å². The summed E-state index contributed by atoms with van der Waals surface area (Å²) in [5, 5.41) is 11.3. The summed E-state index contributed by atoms with van der Waals surface area (Å²) < 4.78 is 47.8. The van der Waals surface area contributed by atoms with Crippen molar-refractivity contribution in [2.24, 2.45) is 0 Å². The lowest BCUT2D eigenvalue weighted by Crippen LogP contribution is -2.14. The second kappa shape index (κ2) is 7.26. The molecule has 1 amide bonds. The van der Waals surface area contributed by atoms with Crippen LogP contribution >= 0.6 is 11.3 Å². The molecule has 0 saturated heterocycles. The van der Waals surface area contributed by atoms with Crippen LogP contribution in [0.5, 0.6) is 0 Å². The van der Waals surface area contributed by atoms with Gasteiger partial charge in [0.1, 0.15) is 5.01 Å². The number of hydrogen-bond donors (Lipinski definition) is 1. The van der Waals surface area contributed by atoms with Gasteiger partial charge in [0.25, 0.3) is 5.91 Å².